The van der Waals surface area contributed by atoms with E-state index in [-0.39, 0.29) is 19.0 Å². The highest BCUT2D eigenvalue weighted by Crippen LogP contribution is 2.35. The quantitative estimate of drug-likeness (QED) is 0.820. The normalized spacial score (nSPS) is 14.2. The number of halogens is 4. The van der Waals surface area contributed by atoms with E-state index in [9.17, 15) is 18.0 Å². The number of benzene rings is 1. The van der Waals surface area contributed by atoms with Crippen LogP contribution < -0.4 is 5.32 Å². The summed E-state index contributed by atoms with van der Waals surface area (Å²) in [5, 5.41) is 6.51. The summed E-state index contributed by atoms with van der Waals surface area (Å²) >= 11 is 3.30. The molecule has 1 N–H and O–H groups in total. The van der Waals surface area contributed by atoms with Gasteiger partial charge in [-0.2, -0.15) is 18.3 Å². The second-order valence-corrected chi connectivity index (χ2v) is 6.88. The number of carbonyl (C=O) groups excluding carboxylic acids is 1. The van der Waals surface area contributed by atoms with Gasteiger partial charge in [0, 0.05) is 27.8 Å². The Hall–Kier alpha value is -1.83. The van der Waals surface area contributed by atoms with Gasteiger partial charge in [-0.3, -0.25) is 9.48 Å². The molecule has 1 aliphatic carbocycles. The third-order valence-corrected chi connectivity index (χ3v) is 4.71. The third-order valence-electron chi connectivity index (χ3n) is 4.22. The molecule has 1 heterocycles. The molecular formula is C17H17BrF3N3O. The van der Waals surface area contributed by atoms with Crippen LogP contribution >= 0.6 is 15.9 Å². The van der Waals surface area contributed by atoms with E-state index < -0.39 is 11.9 Å². The molecule has 0 spiro atoms. The lowest BCUT2D eigenvalue weighted by atomic mass is 9.95. The molecule has 0 unspecified atom stereocenters. The largest absolute Gasteiger partial charge is 0.435 e. The molecule has 1 aromatic heterocycles. The first kappa shape index (κ1) is 18.0. The van der Waals surface area contributed by atoms with Crippen molar-refractivity contribution >= 4 is 21.8 Å². The molecule has 2 aromatic rings. The predicted octanol–water partition coefficient (Wildman–Crippen LogP) is 3.97. The maximum Gasteiger partial charge on any atom is 0.435 e. The van der Waals surface area contributed by atoms with Gasteiger partial charge in [0.05, 0.1) is 6.54 Å². The number of rotatable bonds is 4. The lowest BCUT2D eigenvalue weighted by Gasteiger charge is -2.15. The Morgan fingerprint density at radius 3 is 2.76 bits per heavy atom. The van der Waals surface area contributed by atoms with E-state index in [0.717, 1.165) is 17.3 Å². The van der Waals surface area contributed by atoms with E-state index in [1.807, 2.05) is 6.07 Å². The third kappa shape index (κ3) is 4.05. The van der Waals surface area contributed by atoms with E-state index in [0.29, 0.717) is 29.7 Å². The summed E-state index contributed by atoms with van der Waals surface area (Å²) in [6, 6.07) is 6.93. The lowest BCUT2D eigenvalue weighted by Crippen LogP contribution is -2.28. The van der Waals surface area contributed by atoms with E-state index in [1.165, 1.54) is 4.68 Å². The van der Waals surface area contributed by atoms with E-state index in [2.05, 4.69) is 26.3 Å². The summed E-state index contributed by atoms with van der Waals surface area (Å²) in [6.45, 7) is 0.439. The highest BCUT2D eigenvalue weighted by molar-refractivity contribution is 9.10. The molecule has 0 aliphatic heterocycles. The first-order valence-corrected chi connectivity index (χ1v) is 8.85. The Labute approximate surface area is 151 Å². The maximum atomic E-state index is 13.1. The first-order chi connectivity index (χ1) is 11.9. The summed E-state index contributed by atoms with van der Waals surface area (Å²) < 4.78 is 41.6. The standard InChI is InChI=1S/C17H17BrF3N3O/c18-12-5-3-4-11(10-12)16(25)22-8-9-24-14-7-2-1-6-13(14)15(23-24)17(19,20)21/h3-5,10H,1-2,6-9H2,(H,22,25). The number of hydrogen-bond acceptors (Lipinski definition) is 2. The van der Waals surface area contributed by atoms with Gasteiger partial charge in [0.25, 0.3) is 5.91 Å². The number of carbonyl (C=O) groups is 1. The van der Waals surface area contributed by atoms with Crippen molar-refractivity contribution < 1.29 is 18.0 Å². The number of alkyl halides is 3. The van der Waals surface area contributed by atoms with Crippen molar-refractivity contribution in [2.45, 2.75) is 38.4 Å². The van der Waals surface area contributed by atoms with Crippen molar-refractivity contribution in [2.24, 2.45) is 0 Å². The molecule has 0 saturated carbocycles. The SMILES string of the molecule is O=C(NCCn1nc(C(F)(F)F)c2c1CCCC2)c1cccc(Br)c1. The fourth-order valence-corrected chi connectivity index (χ4v) is 3.49. The highest BCUT2D eigenvalue weighted by Gasteiger charge is 2.39. The zero-order chi connectivity index (χ0) is 18.0. The van der Waals surface area contributed by atoms with Crippen molar-refractivity contribution in [3.05, 3.63) is 51.3 Å². The van der Waals surface area contributed by atoms with Crippen LogP contribution in [0.4, 0.5) is 13.2 Å². The van der Waals surface area contributed by atoms with Gasteiger partial charge in [-0.1, -0.05) is 22.0 Å². The van der Waals surface area contributed by atoms with Crippen LogP contribution in [0, 0.1) is 0 Å². The Morgan fingerprint density at radius 1 is 1.28 bits per heavy atom. The number of fused-ring (bicyclic) bond motifs is 1. The van der Waals surface area contributed by atoms with Crippen molar-refractivity contribution in [1.29, 1.82) is 0 Å². The van der Waals surface area contributed by atoms with Crippen LogP contribution in [-0.2, 0) is 25.6 Å². The predicted molar refractivity (Wildman–Crippen MR) is 90.3 cm³/mol. The molecule has 1 aliphatic rings. The second kappa shape index (κ2) is 7.19. The fraction of sp³-hybridized carbons (Fsp3) is 0.412. The van der Waals surface area contributed by atoms with Gasteiger partial charge in [-0.05, 0) is 43.9 Å². The molecule has 134 valence electrons. The molecule has 25 heavy (non-hydrogen) atoms. The molecular weight excluding hydrogens is 399 g/mol. The van der Waals surface area contributed by atoms with E-state index in [4.69, 9.17) is 0 Å². The van der Waals surface area contributed by atoms with Gasteiger partial charge >= 0.3 is 6.18 Å². The van der Waals surface area contributed by atoms with Crippen molar-refractivity contribution in [3.8, 4) is 0 Å². The Balaban J connectivity index is 1.69. The summed E-state index contributed by atoms with van der Waals surface area (Å²) in [5.41, 5.74) is 0.681. The number of nitrogens with one attached hydrogen (secondary N) is 1. The van der Waals surface area contributed by atoms with Gasteiger partial charge in [-0.25, -0.2) is 0 Å². The number of hydrogen-bond donors (Lipinski definition) is 1. The Bertz CT molecular complexity index is 786. The van der Waals surface area contributed by atoms with Gasteiger partial charge in [-0.15, -0.1) is 0 Å². The van der Waals surface area contributed by atoms with E-state index in [1.54, 1.807) is 18.2 Å². The molecule has 0 bridgehead atoms. The van der Waals surface area contributed by atoms with Crippen molar-refractivity contribution in [3.63, 3.8) is 0 Å². The number of aromatic nitrogens is 2. The second-order valence-electron chi connectivity index (χ2n) is 5.97. The Morgan fingerprint density at radius 2 is 2.04 bits per heavy atom. The molecule has 0 radical (unpaired) electrons. The summed E-state index contributed by atoms with van der Waals surface area (Å²) in [7, 11) is 0. The fourth-order valence-electron chi connectivity index (χ4n) is 3.09. The Kier molecular flexibility index (Phi) is 5.17. The van der Waals surface area contributed by atoms with Crippen LogP contribution in [0.3, 0.4) is 0 Å². The average Bonchev–Trinajstić information content (AvgIpc) is 2.94. The molecule has 0 atom stereocenters. The molecule has 0 fully saturated rings. The van der Waals surface area contributed by atoms with Crippen LogP contribution in [0.25, 0.3) is 0 Å². The highest BCUT2D eigenvalue weighted by atomic mass is 79.9. The summed E-state index contributed by atoms with van der Waals surface area (Å²) in [4.78, 5) is 12.1. The molecule has 0 saturated heterocycles. The minimum Gasteiger partial charge on any atom is -0.350 e. The van der Waals surface area contributed by atoms with Gasteiger partial charge in [0.2, 0.25) is 0 Å². The molecule has 1 amide bonds. The lowest BCUT2D eigenvalue weighted by molar-refractivity contribution is -0.142. The van der Waals surface area contributed by atoms with Crippen LogP contribution in [-0.4, -0.2) is 22.2 Å². The topological polar surface area (TPSA) is 46.9 Å². The zero-order valence-corrected chi connectivity index (χ0v) is 15.0. The van der Waals surface area contributed by atoms with E-state index >= 15 is 0 Å². The van der Waals surface area contributed by atoms with Crippen LogP contribution in [0.2, 0.25) is 0 Å². The molecule has 3 rings (SSSR count). The maximum absolute atomic E-state index is 13.1. The van der Waals surface area contributed by atoms with Crippen molar-refractivity contribution in [1.82, 2.24) is 15.1 Å². The summed E-state index contributed by atoms with van der Waals surface area (Å²) in [6.07, 6.45) is -1.82. The number of amides is 1. The van der Waals surface area contributed by atoms with Crippen LogP contribution in [0.15, 0.2) is 28.7 Å². The smallest absolute Gasteiger partial charge is 0.350 e. The first-order valence-electron chi connectivity index (χ1n) is 8.06. The average molecular weight is 416 g/mol. The van der Waals surface area contributed by atoms with Gasteiger partial charge < -0.3 is 5.32 Å². The minimum atomic E-state index is -4.44. The van der Waals surface area contributed by atoms with Crippen LogP contribution in [0.5, 0.6) is 0 Å². The molecule has 1 aromatic carbocycles. The molecule has 4 nitrogen and oxygen atoms in total. The molecule has 8 heteroatoms. The van der Waals surface area contributed by atoms with Crippen molar-refractivity contribution in [2.75, 3.05) is 6.54 Å². The summed E-state index contributed by atoms with van der Waals surface area (Å²) in [5.74, 6) is -0.265. The monoisotopic (exact) mass is 415 g/mol. The van der Waals surface area contributed by atoms with Crippen LogP contribution in [0.1, 0.15) is 40.2 Å². The van der Waals surface area contributed by atoms with Gasteiger partial charge in [0.15, 0.2) is 5.69 Å². The van der Waals surface area contributed by atoms with Gasteiger partial charge in [0.1, 0.15) is 0 Å². The zero-order valence-electron chi connectivity index (χ0n) is 13.4. The number of nitrogens with zero attached hydrogens (tertiary/aromatic N) is 2. The minimum absolute atomic E-state index is 0.219.